The Labute approximate surface area is 274 Å². The van der Waals surface area contributed by atoms with E-state index in [4.69, 9.17) is 0 Å². The molecule has 0 N–H and O–H groups in total. The summed E-state index contributed by atoms with van der Waals surface area (Å²) < 4.78 is 2.63. The molecule has 9 rings (SSSR count). The van der Waals surface area contributed by atoms with Crippen molar-refractivity contribution in [1.29, 1.82) is 0 Å². The minimum absolute atomic E-state index is 0.619. The highest BCUT2D eigenvalue weighted by molar-refractivity contribution is 7.26. The first-order valence-electron chi connectivity index (χ1n) is 16.6. The van der Waals surface area contributed by atoms with Gasteiger partial charge in [0.05, 0.1) is 11.4 Å². The number of hydrogen-bond donors (Lipinski definition) is 0. The van der Waals surface area contributed by atoms with E-state index in [2.05, 4.69) is 150 Å². The average Bonchev–Trinajstić information content (AvgIpc) is 3.51. The Morgan fingerprint density at radius 2 is 1.15 bits per heavy atom. The number of rotatable bonds is 5. The quantitative estimate of drug-likeness (QED) is 0.188. The molecule has 1 saturated carbocycles. The number of benzene rings is 7. The molecule has 0 radical (unpaired) electrons. The highest BCUT2D eigenvalue weighted by atomic mass is 32.1. The van der Waals surface area contributed by atoms with E-state index in [0.29, 0.717) is 5.92 Å². The summed E-state index contributed by atoms with van der Waals surface area (Å²) in [7, 11) is 0. The minimum Gasteiger partial charge on any atom is -0.309 e. The summed E-state index contributed by atoms with van der Waals surface area (Å²) in [4.78, 5) is 2.52. The Morgan fingerprint density at radius 1 is 0.478 bits per heavy atom. The van der Waals surface area contributed by atoms with Gasteiger partial charge in [-0.1, -0.05) is 128 Å². The maximum absolute atomic E-state index is 2.52. The average molecular weight is 610 g/mol. The van der Waals surface area contributed by atoms with Crippen LogP contribution in [0.2, 0.25) is 0 Å². The van der Waals surface area contributed by atoms with Gasteiger partial charge in [0.1, 0.15) is 0 Å². The Morgan fingerprint density at radius 3 is 2.07 bits per heavy atom. The van der Waals surface area contributed by atoms with Crippen LogP contribution in [-0.2, 0) is 0 Å². The van der Waals surface area contributed by atoms with Gasteiger partial charge in [-0.05, 0) is 87.8 Å². The molecule has 0 aliphatic heterocycles. The Hall–Kier alpha value is -4.92. The third-order valence-electron chi connectivity index (χ3n) is 10.0. The highest BCUT2D eigenvalue weighted by Crippen LogP contribution is 2.49. The van der Waals surface area contributed by atoms with E-state index in [1.54, 1.807) is 0 Å². The summed E-state index contributed by atoms with van der Waals surface area (Å²) in [6, 6.07) is 54.2. The minimum atomic E-state index is 0.619. The van der Waals surface area contributed by atoms with Gasteiger partial charge < -0.3 is 4.90 Å². The van der Waals surface area contributed by atoms with Gasteiger partial charge >= 0.3 is 0 Å². The topological polar surface area (TPSA) is 3.24 Å². The second kappa shape index (κ2) is 11.5. The van der Waals surface area contributed by atoms with E-state index in [1.807, 2.05) is 11.3 Å². The zero-order valence-corrected chi connectivity index (χ0v) is 26.6. The van der Waals surface area contributed by atoms with Crippen molar-refractivity contribution in [2.45, 2.75) is 38.0 Å². The molecule has 0 atom stereocenters. The molecule has 0 amide bonds. The highest BCUT2D eigenvalue weighted by Gasteiger charge is 2.24. The van der Waals surface area contributed by atoms with Crippen molar-refractivity contribution in [3.05, 3.63) is 151 Å². The first-order valence-corrected chi connectivity index (χ1v) is 17.5. The molecule has 1 fully saturated rings. The van der Waals surface area contributed by atoms with Gasteiger partial charge in [0.25, 0.3) is 0 Å². The first-order chi connectivity index (χ1) is 22.8. The van der Waals surface area contributed by atoms with Crippen molar-refractivity contribution >= 4 is 70.1 Å². The van der Waals surface area contributed by atoms with E-state index in [1.165, 1.54) is 108 Å². The Bertz CT molecular complexity index is 2370. The van der Waals surface area contributed by atoms with Gasteiger partial charge in [0.15, 0.2) is 0 Å². The van der Waals surface area contributed by atoms with E-state index < -0.39 is 0 Å². The lowest BCUT2D eigenvalue weighted by Gasteiger charge is -2.30. The third kappa shape index (κ3) is 4.59. The zero-order chi connectivity index (χ0) is 30.5. The number of hydrogen-bond acceptors (Lipinski definition) is 2. The smallest absolute Gasteiger partial charge is 0.0555 e. The largest absolute Gasteiger partial charge is 0.309 e. The molecule has 2 heteroatoms. The molecule has 1 heterocycles. The van der Waals surface area contributed by atoms with E-state index in [-0.39, 0.29) is 0 Å². The van der Waals surface area contributed by atoms with E-state index in [9.17, 15) is 0 Å². The van der Waals surface area contributed by atoms with Crippen LogP contribution >= 0.6 is 11.3 Å². The Kier molecular flexibility index (Phi) is 6.83. The van der Waals surface area contributed by atoms with Crippen molar-refractivity contribution in [2.75, 3.05) is 4.90 Å². The molecule has 46 heavy (non-hydrogen) atoms. The molecule has 8 aromatic rings. The van der Waals surface area contributed by atoms with Gasteiger partial charge in [-0.25, -0.2) is 0 Å². The number of nitrogens with zero attached hydrogens (tertiary/aromatic N) is 1. The molecule has 0 unspecified atom stereocenters. The summed E-state index contributed by atoms with van der Waals surface area (Å²) in [5.74, 6) is 0.619. The lowest BCUT2D eigenvalue weighted by Crippen LogP contribution is -2.12. The molecule has 222 valence electrons. The molecule has 1 nitrogen and oxygen atoms in total. The fourth-order valence-electron chi connectivity index (χ4n) is 7.91. The molecule has 1 aliphatic rings. The van der Waals surface area contributed by atoms with Crippen molar-refractivity contribution in [3.8, 4) is 11.1 Å². The summed E-state index contributed by atoms with van der Waals surface area (Å²) >= 11 is 1.88. The van der Waals surface area contributed by atoms with Crippen LogP contribution in [0, 0.1) is 0 Å². The molecular weight excluding hydrogens is 575 g/mol. The molecular formula is C44H35NS. The van der Waals surface area contributed by atoms with Crippen LogP contribution < -0.4 is 4.90 Å². The van der Waals surface area contributed by atoms with Crippen LogP contribution in [0.25, 0.3) is 52.8 Å². The maximum atomic E-state index is 2.52. The molecule has 0 spiro atoms. The third-order valence-corrected chi connectivity index (χ3v) is 11.2. The predicted molar refractivity (Wildman–Crippen MR) is 200 cm³/mol. The van der Waals surface area contributed by atoms with Crippen LogP contribution in [-0.4, -0.2) is 0 Å². The fourth-order valence-corrected chi connectivity index (χ4v) is 9.04. The van der Waals surface area contributed by atoms with E-state index in [0.717, 1.165) is 0 Å². The van der Waals surface area contributed by atoms with E-state index >= 15 is 0 Å². The van der Waals surface area contributed by atoms with Gasteiger partial charge in [0.2, 0.25) is 0 Å². The normalized spacial score (nSPS) is 14.0. The van der Waals surface area contributed by atoms with Gasteiger partial charge in [-0.2, -0.15) is 0 Å². The summed E-state index contributed by atoms with van der Waals surface area (Å²) in [6.45, 7) is 0. The summed E-state index contributed by atoms with van der Waals surface area (Å²) in [6.07, 6.45) is 6.58. The van der Waals surface area contributed by atoms with Gasteiger partial charge in [0, 0.05) is 31.4 Å². The lowest BCUT2D eigenvalue weighted by atomic mass is 9.80. The number of anilines is 3. The lowest BCUT2D eigenvalue weighted by molar-refractivity contribution is 0.445. The maximum Gasteiger partial charge on any atom is 0.0555 e. The van der Waals surface area contributed by atoms with Gasteiger partial charge in [-0.3, -0.25) is 0 Å². The van der Waals surface area contributed by atoms with Gasteiger partial charge in [-0.15, -0.1) is 11.3 Å². The van der Waals surface area contributed by atoms with Crippen molar-refractivity contribution < 1.29 is 0 Å². The zero-order valence-electron chi connectivity index (χ0n) is 25.8. The molecule has 1 aliphatic carbocycles. The fraction of sp³-hybridized carbons (Fsp3) is 0.136. The Balaban J connectivity index is 1.34. The number of para-hydroxylation sites is 1. The van der Waals surface area contributed by atoms with Crippen molar-refractivity contribution in [1.82, 2.24) is 0 Å². The predicted octanol–water partition coefficient (Wildman–Crippen LogP) is 13.5. The van der Waals surface area contributed by atoms with Crippen LogP contribution in [0.15, 0.2) is 146 Å². The number of thiophene rings is 1. The monoisotopic (exact) mass is 609 g/mol. The van der Waals surface area contributed by atoms with Crippen LogP contribution in [0.3, 0.4) is 0 Å². The van der Waals surface area contributed by atoms with Crippen LogP contribution in [0.5, 0.6) is 0 Å². The summed E-state index contributed by atoms with van der Waals surface area (Å²) in [5, 5.41) is 7.87. The van der Waals surface area contributed by atoms with Crippen molar-refractivity contribution in [2.24, 2.45) is 0 Å². The standard InChI is InChI=1S/C44H35NS/c1-2-14-31(15-3-1)35-21-10-17-32-18-11-22-37(43(32)35)36-19-6-8-23-39(36)45(34-28-27-30-13-4-5-16-33(30)29-34)40-24-12-26-42-44(40)38-20-7-9-25-41(38)46-42/h4-13,16-29,31H,1-3,14-15H2. The molecule has 0 saturated heterocycles. The molecule has 0 bridgehead atoms. The van der Waals surface area contributed by atoms with Crippen LogP contribution in [0.1, 0.15) is 43.6 Å². The SMILES string of the molecule is c1ccc(N(c2ccc3ccccc3c2)c2cccc3sc4ccccc4c23)c(-c2cccc3cccc(C4CCCCC4)c23)c1. The molecule has 1 aromatic heterocycles. The van der Waals surface area contributed by atoms with Crippen LogP contribution in [0.4, 0.5) is 17.1 Å². The van der Waals surface area contributed by atoms with Crippen molar-refractivity contribution in [3.63, 3.8) is 0 Å². The summed E-state index contributed by atoms with van der Waals surface area (Å²) in [5.41, 5.74) is 7.69. The first kappa shape index (κ1) is 27.4. The molecule has 7 aromatic carbocycles. The number of fused-ring (bicyclic) bond motifs is 5. The second-order valence-corrected chi connectivity index (χ2v) is 13.8. The second-order valence-electron chi connectivity index (χ2n) is 12.7.